The summed E-state index contributed by atoms with van der Waals surface area (Å²) >= 11 is 0. The van der Waals surface area contributed by atoms with Crippen molar-refractivity contribution in [3.8, 4) is 11.5 Å². The van der Waals surface area contributed by atoms with Crippen LogP contribution in [-0.4, -0.2) is 68.6 Å². The highest BCUT2D eigenvalue weighted by Gasteiger charge is 2.30. The fourth-order valence-corrected chi connectivity index (χ4v) is 4.29. The van der Waals surface area contributed by atoms with Crippen LogP contribution < -0.4 is 0 Å². The first kappa shape index (κ1) is 16.7. The first-order chi connectivity index (χ1) is 12.2. The van der Waals surface area contributed by atoms with Gasteiger partial charge in [0.05, 0.1) is 5.69 Å². The topological polar surface area (TPSA) is 50.1 Å². The highest BCUT2D eigenvalue weighted by Crippen LogP contribution is 2.28. The van der Waals surface area contributed by atoms with Gasteiger partial charge in [0, 0.05) is 44.4 Å². The summed E-state index contributed by atoms with van der Waals surface area (Å²) in [5.74, 6) is 1.59. The molecular formula is C19H28N6. The lowest BCUT2D eigenvalue weighted by atomic mass is 10.0. The zero-order valence-electron chi connectivity index (χ0n) is 15.3. The maximum absolute atomic E-state index is 4.65. The Morgan fingerprint density at radius 2 is 1.76 bits per heavy atom. The Morgan fingerprint density at radius 3 is 2.52 bits per heavy atom. The van der Waals surface area contributed by atoms with Crippen LogP contribution in [0.25, 0.3) is 11.5 Å². The molecule has 0 radical (unpaired) electrons. The molecule has 0 unspecified atom stereocenters. The SMILES string of the molecule is CN1CCC(N2CC[C@H](Cc3nccnc3-c3nccn3C)C2)CC1. The van der Waals surface area contributed by atoms with Crippen molar-refractivity contribution >= 4 is 0 Å². The molecule has 2 aromatic heterocycles. The lowest BCUT2D eigenvalue weighted by Gasteiger charge is -2.35. The quantitative estimate of drug-likeness (QED) is 0.850. The normalized spacial score (nSPS) is 23.4. The smallest absolute Gasteiger partial charge is 0.160 e. The van der Waals surface area contributed by atoms with Gasteiger partial charge in [-0.2, -0.15) is 0 Å². The molecule has 0 spiro atoms. The summed E-state index contributed by atoms with van der Waals surface area (Å²) in [6.45, 7) is 4.90. The van der Waals surface area contributed by atoms with Gasteiger partial charge in [0.15, 0.2) is 5.82 Å². The van der Waals surface area contributed by atoms with E-state index < -0.39 is 0 Å². The average molecular weight is 340 g/mol. The molecule has 2 aliphatic rings. The van der Waals surface area contributed by atoms with Crippen LogP contribution in [0.5, 0.6) is 0 Å². The first-order valence-electron chi connectivity index (χ1n) is 9.41. The minimum Gasteiger partial charge on any atom is -0.333 e. The predicted molar refractivity (Wildman–Crippen MR) is 98.1 cm³/mol. The molecule has 4 rings (SSSR count). The lowest BCUT2D eigenvalue weighted by Crippen LogP contribution is -2.42. The van der Waals surface area contributed by atoms with Gasteiger partial charge in [-0.1, -0.05) is 0 Å². The molecule has 2 saturated heterocycles. The van der Waals surface area contributed by atoms with Crippen molar-refractivity contribution in [3.63, 3.8) is 0 Å². The number of imidazole rings is 1. The number of aryl methyl sites for hydroxylation is 1. The second-order valence-electron chi connectivity index (χ2n) is 7.60. The van der Waals surface area contributed by atoms with E-state index in [1.807, 2.05) is 30.2 Å². The van der Waals surface area contributed by atoms with E-state index in [2.05, 4.69) is 31.8 Å². The molecule has 0 aromatic carbocycles. The number of piperidine rings is 1. The molecule has 0 amide bonds. The van der Waals surface area contributed by atoms with Gasteiger partial charge in [-0.25, -0.2) is 9.97 Å². The first-order valence-corrected chi connectivity index (χ1v) is 9.41. The molecule has 4 heterocycles. The maximum Gasteiger partial charge on any atom is 0.160 e. The van der Waals surface area contributed by atoms with Gasteiger partial charge in [-0.3, -0.25) is 9.88 Å². The van der Waals surface area contributed by atoms with Crippen molar-refractivity contribution < 1.29 is 0 Å². The second-order valence-corrected chi connectivity index (χ2v) is 7.60. The van der Waals surface area contributed by atoms with Gasteiger partial charge in [0.1, 0.15) is 5.69 Å². The van der Waals surface area contributed by atoms with Gasteiger partial charge >= 0.3 is 0 Å². The van der Waals surface area contributed by atoms with Gasteiger partial charge in [-0.05, 0) is 58.3 Å². The number of hydrogen-bond acceptors (Lipinski definition) is 5. The molecule has 1 atom stereocenters. The molecule has 0 bridgehead atoms. The Bertz CT molecular complexity index is 703. The molecule has 0 N–H and O–H groups in total. The van der Waals surface area contributed by atoms with Crippen LogP contribution >= 0.6 is 0 Å². The van der Waals surface area contributed by atoms with E-state index >= 15 is 0 Å². The molecule has 25 heavy (non-hydrogen) atoms. The molecule has 6 heteroatoms. The van der Waals surface area contributed by atoms with E-state index in [9.17, 15) is 0 Å². The Labute approximate surface area is 149 Å². The van der Waals surface area contributed by atoms with Crippen molar-refractivity contribution in [2.24, 2.45) is 13.0 Å². The third-order valence-corrected chi connectivity index (χ3v) is 5.81. The van der Waals surface area contributed by atoms with Gasteiger partial charge in [0.2, 0.25) is 0 Å². The monoisotopic (exact) mass is 340 g/mol. The molecule has 2 aromatic rings. The van der Waals surface area contributed by atoms with Crippen LogP contribution in [0.2, 0.25) is 0 Å². The van der Waals surface area contributed by atoms with Crippen LogP contribution in [0.4, 0.5) is 0 Å². The second kappa shape index (κ2) is 7.22. The zero-order chi connectivity index (χ0) is 17.2. The minimum atomic E-state index is 0.676. The molecular weight excluding hydrogens is 312 g/mol. The Kier molecular flexibility index (Phi) is 4.81. The lowest BCUT2D eigenvalue weighted by molar-refractivity contribution is 0.140. The zero-order valence-corrected chi connectivity index (χ0v) is 15.3. The predicted octanol–water partition coefficient (Wildman–Crippen LogP) is 1.84. The summed E-state index contributed by atoms with van der Waals surface area (Å²) in [5.41, 5.74) is 2.03. The molecule has 2 fully saturated rings. The van der Waals surface area contributed by atoms with Crippen LogP contribution in [-0.2, 0) is 13.5 Å². The van der Waals surface area contributed by atoms with Crippen molar-refractivity contribution in [3.05, 3.63) is 30.5 Å². The van der Waals surface area contributed by atoms with E-state index in [-0.39, 0.29) is 0 Å². The summed E-state index contributed by atoms with van der Waals surface area (Å²) in [6, 6.07) is 0.775. The van der Waals surface area contributed by atoms with E-state index in [1.54, 1.807) is 6.20 Å². The molecule has 0 saturated carbocycles. The van der Waals surface area contributed by atoms with Crippen molar-refractivity contribution in [2.75, 3.05) is 33.2 Å². The van der Waals surface area contributed by atoms with Gasteiger partial charge in [-0.15, -0.1) is 0 Å². The fraction of sp³-hybridized carbons (Fsp3) is 0.632. The molecule has 0 aliphatic carbocycles. The summed E-state index contributed by atoms with van der Waals surface area (Å²) in [4.78, 5) is 18.8. The molecule has 134 valence electrons. The van der Waals surface area contributed by atoms with Crippen LogP contribution in [0.15, 0.2) is 24.8 Å². The Morgan fingerprint density at radius 1 is 0.960 bits per heavy atom. The number of aromatic nitrogens is 4. The minimum absolute atomic E-state index is 0.676. The summed E-state index contributed by atoms with van der Waals surface area (Å²) in [5, 5.41) is 0. The Balaban J connectivity index is 1.43. The van der Waals surface area contributed by atoms with E-state index in [0.29, 0.717) is 5.92 Å². The number of nitrogens with zero attached hydrogens (tertiary/aromatic N) is 6. The molecule has 2 aliphatic heterocycles. The Hall–Kier alpha value is -1.79. The summed E-state index contributed by atoms with van der Waals surface area (Å²) in [7, 11) is 4.24. The van der Waals surface area contributed by atoms with Crippen LogP contribution in [0.3, 0.4) is 0 Å². The van der Waals surface area contributed by atoms with E-state index in [4.69, 9.17) is 0 Å². The van der Waals surface area contributed by atoms with Crippen LogP contribution in [0, 0.1) is 5.92 Å². The number of likely N-dealkylation sites (tertiary alicyclic amines) is 2. The van der Waals surface area contributed by atoms with Crippen LogP contribution in [0.1, 0.15) is 25.0 Å². The van der Waals surface area contributed by atoms with Gasteiger partial charge in [0.25, 0.3) is 0 Å². The molecule has 6 nitrogen and oxygen atoms in total. The summed E-state index contributed by atoms with van der Waals surface area (Å²) in [6.07, 6.45) is 12.3. The van der Waals surface area contributed by atoms with E-state index in [1.165, 1.54) is 45.4 Å². The maximum atomic E-state index is 4.65. The third-order valence-electron chi connectivity index (χ3n) is 5.81. The number of hydrogen-bond donors (Lipinski definition) is 0. The van der Waals surface area contributed by atoms with Crippen molar-refractivity contribution in [1.82, 2.24) is 29.3 Å². The fourth-order valence-electron chi connectivity index (χ4n) is 4.29. The van der Waals surface area contributed by atoms with Gasteiger partial charge < -0.3 is 9.47 Å². The van der Waals surface area contributed by atoms with Crippen molar-refractivity contribution in [2.45, 2.75) is 31.7 Å². The third kappa shape index (κ3) is 3.60. The standard InChI is InChI=1S/C19H28N6/c1-23-9-4-16(5-10-23)25-11-3-15(14-25)13-17-18(21-7-6-20-17)19-22-8-12-24(19)2/h6-8,12,15-16H,3-5,9-11,13-14H2,1-2H3/t15-/m1/s1. The largest absolute Gasteiger partial charge is 0.333 e. The van der Waals surface area contributed by atoms with Crippen molar-refractivity contribution in [1.29, 1.82) is 0 Å². The average Bonchev–Trinajstić information content (AvgIpc) is 3.25. The van der Waals surface area contributed by atoms with E-state index in [0.717, 1.165) is 29.7 Å². The highest BCUT2D eigenvalue weighted by molar-refractivity contribution is 5.52. The number of rotatable bonds is 4. The highest BCUT2D eigenvalue weighted by atomic mass is 15.2. The summed E-state index contributed by atoms with van der Waals surface area (Å²) < 4.78 is 2.02.